The van der Waals surface area contributed by atoms with Gasteiger partial charge in [-0.25, -0.2) is 9.29 Å². The molecule has 3 rings (SSSR count). The predicted molar refractivity (Wildman–Crippen MR) is 96.9 cm³/mol. The summed E-state index contributed by atoms with van der Waals surface area (Å²) in [4.78, 5) is 26.4. The van der Waals surface area contributed by atoms with Gasteiger partial charge in [-0.05, 0) is 42.8 Å². The van der Waals surface area contributed by atoms with Gasteiger partial charge in [0.15, 0.2) is 4.32 Å². The number of carbonyl (C=O) groups excluding carboxylic acids is 2. The first-order chi connectivity index (χ1) is 11.5. The third-order valence-electron chi connectivity index (χ3n) is 3.41. The average molecular weight is 357 g/mol. The van der Waals surface area contributed by atoms with Crippen LogP contribution in [0.3, 0.4) is 0 Å². The molecule has 0 saturated carbocycles. The van der Waals surface area contributed by atoms with Crippen LogP contribution in [0.25, 0.3) is 6.08 Å². The zero-order valence-electron chi connectivity index (χ0n) is 12.7. The van der Waals surface area contributed by atoms with Crippen LogP contribution in [0.4, 0.5) is 4.39 Å². The normalized spacial score (nSPS) is 16.1. The minimum absolute atomic E-state index is 0.175. The highest BCUT2D eigenvalue weighted by Crippen LogP contribution is 2.33. The van der Waals surface area contributed by atoms with Gasteiger partial charge in [-0.1, -0.05) is 53.8 Å². The van der Waals surface area contributed by atoms with Crippen LogP contribution in [0.2, 0.25) is 0 Å². The number of thioether (sulfide) groups is 1. The molecule has 6 heteroatoms. The van der Waals surface area contributed by atoms with Crippen molar-refractivity contribution in [2.45, 2.75) is 6.92 Å². The number of hydrogen-bond acceptors (Lipinski definition) is 4. The van der Waals surface area contributed by atoms with Gasteiger partial charge in [-0.15, -0.1) is 0 Å². The molecular weight excluding hydrogens is 345 g/mol. The van der Waals surface area contributed by atoms with Crippen LogP contribution in [0.1, 0.15) is 21.5 Å². The average Bonchev–Trinajstić information content (AvgIpc) is 2.81. The van der Waals surface area contributed by atoms with E-state index in [2.05, 4.69) is 0 Å². The monoisotopic (exact) mass is 357 g/mol. The largest absolute Gasteiger partial charge is 0.273 e. The SMILES string of the molecule is Cc1cccc(C(=O)N2C(=O)/C(=C\c3cccc(F)c3)SC2=S)c1. The molecule has 2 aromatic carbocycles. The molecule has 0 aromatic heterocycles. The second-order valence-electron chi connectivity index (χ2n) is 5.25. The maximum absolute atomic E-state index is 13.3. The van der Waals surface area contributed by atoms with Crippen molar-refractivity contribution in [1.82, 2.24) is 4.90 Å². The molecule has 1 aliphatic rings. The van der Waals surface area contributed by atoms with Crippen molar-refractivity contribution in [1.29, 1.82) is 0 Å². The molecule has 0 unspecified atom stereocenters. The number of halogens is 1. The summed E-state index contributed by atoms with van der Waals surface area (Å²) in [6, 6.07) is 12.8. The van der Waals surface area contributed by atoms with Crippen molar-refractivity contribution in [3.05, 3.63) is 75.9 Å². The Morgan fingerprint density at radius 3 is 2.67 bits per heavy atom. The number of carbonyl (C=O) groups is 2. The van der Waals surface area contributed by atoms with Crippen molar-refractivity contribution in [2.75, 3.05) is 0 Å². The Labute approximate surface area is 148 Å². The first-order valence-corrected chi connectivity index (χ1v) is 8.33. The molecule has 1 saturated heterocycles. The van der Waals surface area contributed by atoms with E-state index in [1.807, 2.05) is 13.0 Å². The lowest BCUT2D eigenvalue weighted by atomic mass is 10.1. The van der Waals surface area contributed by atoms with E-state index in [1.54, 1.807) is 30.3 Å². The van der Waals surface area contributed by atoms with Crippen LogP contribution in [-0.2, 0) is 4.79 Å². The van der Waals surface area contributed by atoms with Crippen LogP contribution in [-0.4, -0.2) is 21.0 Å². The molecule has 3 nitrogen and oxygen atoms in total. The smallest absolute Gasteiger partial charge is 0.268 e. The number of nitrogens with zero attached hydrogens (tertiary/aromatic N) is 1. The number of aryl methyl sites for hydroxylation is 1. The Hall–Kier alpha value is -2.31. The Kier molecular flexibility index (Phi) is 4.59. The summed E-state index contributed by atoms with van der Waals surface area (Å²) in [6.45, 7) is 1.87. The molecule has 120 valence electrons. The van der Waals surface area contributed by atoms with E-state index in [9.17, 15) is 14.0 Å². The second kappa shape index (κ2) is 6.67. The Morgan fingerprint density at radius 2 is 1.96 bits per heavy atom. The maximum atomic E-state index is 13.3. The molecule has 1 fully saturated rings. The van der Waals surface area contributed by atoms with Crippen LogP contribution >= 0.6 is 24.0 Å². The third-order valence-corrected chi connectivity index (χ3v) is 4.71. The van der Waals surface area contributed by atoms with E-state index in [-0.39, 0.29) is 4.32 Å². The summed E-state index contributed by atoms with van der Waals surface area (Å²) in [5, 5.41) is 0. The molecule has 0 atom stereocenters. The fourth-order valence-electron chi connectivity index (χ4n) is 2.30. The molecule has 2 amide bonds. The number of hydrogen-bond donors (Lipinski definition) is 0. The summed E-state index contributed by atoms with van der Waals surface area (Å²) in [5.74, 6) is -1.33. The van der Waals surface area contributed by atoms with Crippen molar-refractivity contribution < 1.29 is 14.0 Å². The van der Waals surface area contributed by atoms with E-state index in [0.717, 1.165) is 22.2 Å². The highest BCUT2D eigenvalue weighted by Gasteiger charge is 2.37. The number of benzene rings is 2. The summed E-state index contributed by atoms with van der Waals surface area (Å²) in [7, 11) is 0. The van der Waals surface area contributed by atoms with Gasteiger partial charge in [-0.3, -0.25) is 9.59 Å². The summed E-state index contributed by atoms with van der Waals surface area (Å²) in [5.41, 5.74) is 1.86. The Balaban J connectivity index is 1.90. The number of imide groups is 1. The molecule has 1 aliphatic heterocycles. The lowest BCUT2D eigenvalue weighted by molar-refractivity contribution is -0.120. The summed E-state index contributed by atoms with van der Waals surface area (Å²) in [6.07, 6.45) is 1.53. The molecule has 0 bridgehead atoms. The molecule has 24 heavy (non-hydrogen) atoms. The van der Waals surface area contributed by atoms with Gasteiger partial charge in [0.05, 0.1) is 4.91 Å². The number of rotatable bonds is 2. The third kappa shape index (κ3) is 3.29. The standard InChI is InChI=1S/C18H12FNO2S2/c1-11-4-2-6-13(8-11)16(21)20-17(22)15(24-18(20)23)10-12-5-3-7-14(19)9-12/h2-10H,1H3/b15-10+. The molecular formula is C18H12FNO2S2. The van der Waals surface area contributed by atoms with Crippen molar-refractivity contribution in [2.24, 2.45) is 0 Å². The quantitative estimate of drug-likeness (QED) is 0.459. The Morgan fingerprint density at radius 1 is 1.21 bits per heavy atom. The van der Waals surface area contributed by atoms with Crippen LogP contribution < -0.4 is 0 Å². The van der Waals surface area contributed by atoms with E-state index < -0.39 is 17.6 Å². The summed E-state index contributed by atoms with van der Waals surface area (Å²) < 4.78 is 13.4. The highest BCUT2D eigenvalue weighted by molar-refractivity contribution is 8.26. The van der Waals surface area contributed by atoms with E-state index in [1.165, 1.54) is 18.2 Å². The van der Waals surface area contributed by atoms with Crippen molar-refractivity contribution >= 4 is 46.2 Å². The predicted octanol–water partition coefficient (Wildman–Crippen LogP) is 4.18. The molecule has 0 N–H and O–H groups in total. The first-order valence-electron chi connectivity index (χ1n) is 7.10. The van der Waals surface area contributed by atoms with E-state index >= 15 is 0 Å². The Bertz CT molecular complexity index is 892. The van der Waals surface area contributed by atoms with Crippen molar-refractivity contribution in [3.8, 4) is 0 Å². The summed E-state index contributed by atoms with van der Waals surface area (Å²) >= 11 is 6.21. The van der Waals surface area contributed by atoms with E-state index in [0.29, 0.717) is 16.0 Å². The minimum atomic E-state index is -0.485. The number of thiocarbonyl (C=S) groups is 1. The van der Waals surface area contributed by atoms with Crippen LogP contribution in [0, 0.1) is 12.7 Å². The fraction of sp³-hybridized carbons (Fsp3) is 0.0556. The molecule has 0 radical (unpaired) electrons. The van der Waals surface area contributed by atoms with Gasteiger partial charge >= 0.3 is 0 Å². The van der Waals surface area contributed by atoms with Gasteiger partial charge in [0.25, 0.3) is 11.8 Å². The zero-order valence-corrected chi connectivity index (χ0v) is 14.3. The van der Waals surface area contributed by atoms with Crippen LogP contribution in [0.15, 0.2) is 53.4 Å². The fourth-order valence-corrected chi connectivity index (χ4v) is 3.55. The molecule has 0 aliphatic carbocycles. The van der Waals surface area contributed by atoms with Gasteiger partial charge in [0.1, 0.15) is 5.82 Å². The minimum Gasteiger partial charge on any atom is -0.268 e. The number of amides is 2. The molecule has 1 heterocycles. The molecule has 2 aromatic rings. The topological polar surface area (TPSA) is 37.4 Å². The van der Waals surface area contributed by atoms with Gasteiger partial charge in [-0.2, -0.15) is 0 Å². The zero-order chi connectivity index (χ0) is 17.3. The van der Waals surface area contributed by atoms with Gasteiger partial charge in [0, 0.05) is 5.56 Å². The lowest BCUT2D eigenvalue weighted by Crippen LogP contribution is -2.34. The van der Waals surface area contributed by atoms with Gasteiger partial charge in [0.2, 0.25) is 0 Å². The first kappa shape index (κ1) is 16.5. The maximum Gasteiger partial charge on any atom is 0.273 e. The lowest BCUT2D eigenvalue weighted by Gasteiger charge is -2.12. The second-order valence-corrected chi connectivity index (χ2v) is 6.92. The van der Waals surface area contributed by atoms with E-state index in [4.69, 9.17) is 12.2 Å². The highest BCUT2D eigenvalue weighted by atomic mass is 32.2. The van der Waals surface area contributed by atoms with Crippen molar-refractivity contribution in [3.63, 3.8) is 0 Å². The molecule has 0 spiro atoms. The van der Waals surface area contributed by atoms with Crippen LogP contribution in [0.5, 0.6) is 0 Å². The van der Waals surface area contributed by atoms with Gasteiger partial charge < -0.3 is 0 Å².